The van der Waals surface area contributed by atoms with Crippen molar-refractivity contribution in [2.75, 3.05) is 13.7 Å². The Balaban J connectivity index is 1.78. The van der Waals surface area contributed by atoms with Crippen molar-refractivity contribution in [3.05, 3.63) is 57.5 Å². The highest BCUT2D eigenvalue weighted by molar-refractivity contribution is 6.29. The molecular weight excluding hydrogens is 330 g/mol. The molecule has 0 bridgehead atoms. The number of halogens is 1. The largest absolute Gasteiger partial charge is 0.493 e. The van der Waals surface area contributed by atoms with E-state index >= 15 is 0 Å². The summed E-state index contributed by atoms with van der Waals surface area (Å²) < 4.78 is 12.6. The molecule has 6 heteroatoms. The smallest absolute Gasteiger partial charge is 0.183 e. The maximum atomic E-state index is 12.5. The van der Waals surface area contributed by atoms with Gasteiger partial charge in [0.1, 0.15) is 5.15 Å². The molecule has 1 fully saturated rings. The van der Waals surface area contributed by atoms with E-state index in [9.17, 15) is 9.59 Å². The van der Waals surface area contributed by atoms with Crippen LogP contribution >= 0.6 is 11.6 Å². The van der Waals surface area contributed by atoms with Gasteiger partial charge in [-0.1, -0.05) is 11.6 Å². The Hall–Kier alpha value is -2.27. The van der Waals surface area contributed by atoms with Gasteiger partial charge < -0.3 is 14.0 Å². The fraction of sp³-hybridized carbons (Fsp3) is 0.333. The average Bonchev–Trinajstić information content (AvgIpc) is 3.39. The number of nitrogens with zero attached hydrogens (tertiary/aromatic N) is 1. The molecule has 0 unspecified atom stereocenters. The SMILES string of the molecule is COc1ccc(C(=O)Cn2ccc(=O)cc2Cl)cc1OCC1CC1. The van der Waals surface area contributed by atoms with Gasteiger partial charge in [0.2, 0.25) is 0 Å². The zero-order valence-electron chi connectivity index (χ0n) is 13.3. The molecule has 0 saturated heterocycles. The van der Waals surface area contributed by atoms with Gasteiger partial charge in [0, 0.05) is 23.9 Å². The Morgan fingerprint density at radius 1 is 1.25 bits per heavy atom. The van der Waals surface area contributed by atoms with Gasteiger partial charge in [-0.25, -0.2) is 0 Å². The van der Waals surface area contributed by atoms with E-state index < -0.39 is 0 Å². The van der Waals surface area contributed by atoms with Crippen molar-refractivity contribution in [2.24, 2.45) is 5.92 Å². The summed E-state index contributed by atoms with van der Waals surface area (Å²) in [6.07, 6.45) is 3.88. The topological polar surface area (TPSA) is 57.5 Å². The van der Waals surface area contributed by atoms with Crippen LogP contribution in [-0.2, 0) is 6.54 Å². The minimum absolute atomic E-state index is 0.0491. The van der Waals surface area contributed by atoms with E-state index in [4.69, 9.17) is 21.1 Å². The molecule has 1 aromatic carbocycles. The number of pyridine rings is 1. The summed E-state index contributed by atoms with van der Waals surface area (Å²) in [4.78, 5) is 23.7. The number of methoxy groups -OCH3 is 1. The Morgan fingerprint density at radius 3 is 2.71 bits per heavy atom. The number of Topliss-reactive ketones (excluding diaryl/α,β-unsaturated/α-hetero) is 1. The van der Waals surface area contributed by atoms with Crippen LogP contribution in [0.3, 0.4) is 0 Å². The van der Waals surface area contributed by atoms with Crippen LogP contribution in [0.2, 0.25) is 5.15 Å². The zero-order chi connectivity index (χ0) is 17.1. The molecule has 0 atom stereocenters. The summed E-state index contributed by atoms with van der Waals surface area (Å²) in [7, 11) is 1.57. The second kappa shape index (κ2) is 7.09. The van der Waals surface area contributed by atoms with Crippen molar-refractivity contribution in [1.29, 1.82) is 0 Å². The van der Waals surface area contributed by atoms with Crippen LogP contribution in [0.25, 0.3) is 0 Å². The van der Waals surface area contributed by atoms with E-state index in [0.717, 1.165) is 0 Å². The first-order chi connectivity index (χ1) is 11.6. The highest BCUT2D eigenvalue weighted by Crippen LogP contribution is 2.33. The Bertz CT molecular complexity index is 811. The van der Waals surface area contributed by atoms with Gasteiger partial charge in [0.15, 0.2) is 22.7 Å². The third-order valence-corrected chi connectivity index (χ3v) is 4.25. The lowest BCUT2D eigenvalue weighted by molar-refractivity contribution is 0.0971. The van der Waals surface area contributed by atoms with Crippen LogP contribution in [0.15, 0.2) is 41.3 Å². The van der Waals surface area contributed by atoms with Crippen LogP contribution in [0.4, 0.5) is 0 Å². The number of aromatic nitrogens is 1. The quantitative estimate of drug-likeness (QED) is 0.570. The van der Waals surface area contributed by atoms with Gasteiger partial charge in [-0.15, -0.1) is 0 Å². The number of hydrogen-bond acceptors (Lipinski definition) is 4. The molecule has 24 heavy (non-hydrogen) atoms. The molecule has 1 aromatic heterocycles. The molecule has 0 N–H and O–H groups in total. The number of ketones is 1. The van der Waals surface area contributed by atoms with Gasteiger partial charge in [-0.3, -0.25) is 9.59 Å². The van der Waals surface area contributed by atoms with Crippen molar-refractivity contribution in [3.63, 3.8) is 0 Å². The molecule has 1 saturated carbocycles. The maximum Gasteiger partial charge on any atom is 0.183 e. The molecule has 1 heterocycles. The third-order valence-electron chi connectivity index (χ3n) is 3.93. The summed E-state index contributed by atoms with van der Waals surface area (Å²) in [6.45, 7) is 0.688. The summed E-state index contributed by atoms with van der Waals surface area (Å²) in [5, 5.41) is 0.231. The number of carbonyl (C=O) groups excluding carboxylic acids is 1. The monoisotopic (exact) mass is 347 g/mol. The number of carbonyl (C=O) groups is 1. The average molecular weight is 348 g/mol. The van der Waals surface area contributed by atoms with Gasteiger partial charge in [0.05, 0.1) is 20.3 Å². The van der Waals surface area contributed by atoms with Crippen LogP contribution in [0.5, 0.6) is 11.5 Å². The van der Waals surface area contributed by atoms with E-state index in [-0.39, 0.29) is 22.9 Å². The standard InChI is InChI=1S/C18H18ClNO4/c1-23-16-5-4-13(8-17(16)24-11-12-2-3-12)15(22)10-20-7-6-14(21)9-18(20)19/h4-9,12H,2-3,10-11H2,1H3. The summed E-state index contributed by atoms with van der Waals surface area (Å²) in [5.41, 5.74) is 0.320. The molecule has 1 aliphatic carbocycles. The van der Waals surface area contributed by atoms with E-state index in [1.165, 1.54) is 35.7 Å². The number of rotatable bonds is 7. The first-order valence-corrected chi connectivity index (χ1v) is 8.14. The molecule has 0 radical (unpaired) electrons. The number of hydrogen-bond donors (Lipinski definition) is 0. The lowest BCUT2D eigenvalue weighted by Gasteiger charge is -2.13. The molecule has 0 amide bonds. The second-order valence-corrected chi connectivity index (χ2v) is 6.24. The molecular formula is C18H18ClNO4. The predicted molar refractivity (Wildman–Crippen MR) is 91.3 cm³/mol. The Labute approximate surface area is 144 Å². The van der Waals surface area contributed by atoms with Gasteiger partial charge in [-0.05, 0) is 37.0 Å². The molecule has 2 aromatic rings. The van der Waals surface area contributed by atoms with Crippen molar-refractivity contribution < 1.29 is 14.3 Å². The van der Waals surface area contributed by atoms with Crippen molar-refractivity contribution >= 4 is 17.4 Å². The highest BCUT2D eigenvalue weighted by atomic mass is 35.5. The molecule has 126 valence electrons. The highest BCUT2D eigenvalue weighted by Gasteiger charge is 2.23. The molecule has 5 nitrogen and oxygen atoms in total. The normalized spacial score (nSPS) is 13.6. The minimum atomic E-state index is -0.191. The van der Waals surface area contributed by atoms with Crippen molar-refractivity contribution in [1.82, 2.24) is 4.57 Å². The Kier molecular flexibility index (Phi) is 4.90. The molecule has 1 aliphatic rings. The van der Waals surface area contributed by atoms with Crippen LogP contribution in [0.1, 0.15) is 23.2 Å². The first-order valence-electron chi connectivity index (χ1n) is 7.77. The third kappa shape index (κ3) is 3.97. The molecule has 0 aliphatic heterocycles. The van der Waals surface area contributed by atoms with Gasteiger partial charge >= 0.3 is 0 Å². The summed E-state index contributed by atoms with van der Waals surface area (Å²) >= 11 is 6.00. The van der Waals surface area contributed by atoms with E-state index in [1.807, 2.05) is 0 Å². The number of benzene rings is 1. The maximum absolute atomic E-state index is 12.5. The van der Waals surface area contributed by atoms with Crippen LogP contribution < -0.4 is 14.9 Å². The Morgan fingerprint density at radius 2 is 2.04 bits per heavy atom. The van der Waals surface area contributed by atoms with Crippen LogP contribution in [0, 0.1) is 5.92 Å². The summed E-state index contributed by atoms with van der Waals surface area (Å²) in [5.74, 6) is 1.66. The second-order valence-electron chi connectivity index (χ2n) is 5.86. The molecule has 3 rings (SSSR count). The van der Waals surface area contributed by atoms with Crippen molar-refractivity contribution in [3.8, 4) is 11.5 Å². The number of ether oxygens (including phenoxy) is 2. The fourth-order valence-electron chi connectivity index (χ4n) is 2.31. The minimum Gasteiger partial charge on any atom is -0.493 e. The fourth-order valence-corrected chi connectivity index (χ4v) is 2.54. The predicted octanol–water partition coefficient (Wildman–Crippen LogP) is 3.18. The van der Waals surface area contributed by atoms with Gasteiger partial charge in [-0.2, -0.15) is 0 Å². The molecule has 0 spiro atoms. The van der Waals surface area contributed by atoms with E-state index in [1.54, 1.807) is 25.3 Å². The van der Waals surface area contributed by atoms with E-state index in [2.05, 4.69) is 0 Å². The lowest BCUT2D eigenvalue weighted by atomic mass is 10.1. The lowest BCUT2D eigenvalue weighted by Crippen LogP contribution is -2.14. The van der Waals surface area contributed by atoms with Crippen molar-refractivity contribution in [2.45, 2.75) is 19.4 Å². The zero-order valence-corrected chi connectivity index (χ0v) is 14.1. The first kappa shape index (κ1) is 16.6. The van der Waals surface area contributed by atoms with Crippen LogP contribution in [-0.4, -0.2) is 24.1 Å². The summed E-state index contributed by atoms with van der Waals surface area (Å²) in [6, 6.07) is 7.77. The van der Waals surface area contributed by atoms with Gasteiger partial charge in [0.25, 0.3) is 0 Å². The van der Waals surface area contributed by atoms with E-state index in [0.29, 0.717) is 29.6 Å².